The number of benzene rings is 1. The second kappa shape index (κ2) is 5.73. The SMILES string of the molecule is Cn1ncc2c(Nc3ccccc3)nc(NCC3(N)COC3)nc21. The molecule has 0 radical (unpaired) electrons. The van der Waals surface area contributed by atoms with E-state index in [1.54, 1.807) is 10.9 Å². The molecule has 0 saturated carbocycles. The minimum Gasteiger partial charge on any atom is -0.377 e. The van der Waals surface area contributed by atoms with Crippen molar-refractivity contribution in [3.63, 3.8) is 0 Å². The molecule has 3 aromatic rings. The lowest BCUT2D eigenvalue weighted by Gasteiger charge is -2.37. The van der Waals surface area contributed by atoms with Crippen LogP contribution >= 0.6 is 0 Å². The van der Waals surface area contributed by atoms with Crippen molar-refractivity contribution < 1.29 is 4.74 Å². The zero-order valence-electron chi connectivity index (χ0n) is 13.4. The Balaban J connectivity index is 1.66. The Hall–Kier alpha value is -2.71. The maximum atomic E-state index is 6.16. The van der Waals surface area contributed by atoms with Gasteiger partial charge >= 0.3 is 0 Å². The van der Waals surface area contributed by atoms with E-state index in [1.807, 2.05) is 37.4 Å². The topological polar surface area (TPSA) is 103 Å². The van der Waals surface area contributed by atoms with E-state index in [9.17, 15) is 0 Å². The highest BCUT2D eigenvalue weighted by Gasteiger charge is 2.34. The third-order valence-electron chi connectivity index (χ3n) is 4.01. The number of hydrogen-bond donors (Lipinski definition) is 3. The second-order valence-corrected chi connectivity index (χ2v) is 6.10. The van der Waals surface area contributed by atoms with E-state index in [0.29, 0.717) is 31.5 Å². The lowest BCUT2D eigenvalue weighted by Crippen LogP contribution is -2.61. The van der Waals surface area contributed by atoms with Crippen LogP contribution < -0.4 is 16.4 Å². The quantitative estimate of drug-likeness (QED) is 0.648. The third-order valence-corrected chi connectivity index (χ3v) is 4.01. The van der Waals surface area contributed by atoms with Crippen LogP contribution in [0.2, 0.25) is 0 Å². The molecule has 0 atom stereocenters. The van der Waals surface area contributed by atoms with Crippen molar-refractivity contribution in [3.8, 4) is 0 Å². The number of nitrogens with two attached hydrogens (primary N) is 1. The molecular weight excluding hydrogens is 306 g/mol. The van der Waals surface area contributed by atoms with Crippen LogP contribution in [0.25, 0.3) is 11.0 Å². The molecule has 0 aliphatic carbocycles. The average molecular weight is 325 g/mol. The van der Waals surface area contributed by atoms with Crippen molar-refractivity contribution in [2.24, 2.45) is 12.8 Å². The minimum atomic E-state index is -0.349. The highest BCUT2D eigenvalue weighted by molar-refractivity contribution is 5.89. The summed E-state index contributed by atoms with van der Waals surface area (Å²) < 4.78 is 6.90. The highest BCUT2D eigenvalue weighted by atomic mass is 16.5. The molecule has 1 aliphatic heterocycles. The fraction of sp³-hybridized carbons (Fsp3) is 0.312. The Bertz CT molecular complexity index is 857. The van der Waals surface area contributed by atoms with Gasteiger partial charge in [-0.3, -0.25) is 4.68 Å². The Morgan fingerprint density at radius 3 is 2.75 bits per heavy atom. The maximum absolute atomic E-state index is 6.16. The molecule has 4 rings (SSSR count). The first kappa shape index (κ1) is 14.9. The lowest BCUT2D eigenvalue weighted by molar-refractivity contribution is -0.0462. The molecule has 4 N–H and O–H groups in total. The molecule has 0 unspecified atom stereocenters. The molecule has 1 fully saturated rings. The fourth-order valence-electron chi connectivity index (χ4n) is 2.58. The molecule has 1 saturated heterocycles. The number of para-hydroxylation sites is 1. The number of aryl methyl sites for hydroxylation is 1. The van der Waals surface area contributed by atoms with Gasteiger partial charge in [-0.2, -0.15) is 15.1 Å². The molecule has 0 spiro atoms. The van der Waals surface area contributed by atoms with Gasteiger partial charge in [-0.1, -0.05) is 18.2 Å². The van der Waals surface area contributed by atoms with E-state index in [2.05, 4.69) is 25.7 Å². The van der Waals surface area contributed by atoms with E-state index in [4.69, 9.17) is 10.5 Å². The van der Waals surface area contributed by atoms with Crippen LogP contribution in [-0.4, -0.2) is 45.0 Å². The summed E-state index contributed by atoms with van der Waals surface area (Å²) in [5.41, 5.74) is 7.51. The second-order valence-electron chi connectivity index (χ2n) is 6.10. The Labute approximate surface area is 139 Å². The molecule has 0 amide bonds. The number of nitrogens with one attached hydrogen (secondary N) is 2. The molecule has 24 heavy (non-hydrogen) atoms. The van der Waals surface area contributed by atoms with Crippen LogP contribution in [0.1, 0.15) is 0 Å². The first-order chi connectivity index (χ1) is 11.6. The van der Waals surface area contributed by atoms with Crippen LogP contribution in [0.5, 0.6) is 0 Å². The lowest BCUT2D eigenvalue weighted by atomic mass is 10.00. The van der Waals surface area contributed by atoms with E-state index < -0.39 is 0 Å². The van der Waals surface area contributed by atoms with Crippen molar-refractivity contribution in [2.45, 2.75) is 5.54 Å². The van der Waals surface area contributed by atoms with Crippen LogP contribution in [-0.2, 0) is 11.8 Å². The number of rotatable bonds is 5. The summed E-state index contributed by atoms with van der Waals surface area (Å²) in [6.07, 6.45) is 1.76. The zero-order chi connectivity index (χ0) is 16.6. The number of ether oxygens (including phenoxy) is 1. The number of fused-ring (bicyclic) bond motifs is 1. The fourth-order valence-corrected chi connectivity index (χ4v) is 2.58. The number of hydrogen-bond acceptors (Lipinski definition) is 7. The van der Waals surface area contributed by atoms with Crippen LogP contribution in [0.4, 0.5) is 17.5 Å². The van der Waals surface area contributed by atoms with Crippen LogP contribution in [0, 0.1) is 0 Å². The van der Waals surface area contributed by atoms with Crippen molar-refractivity contribution in [2.75, 3.05) is 30.4 Å². The van der Waals surface area contributed by atoms with E-state index in [-0.39, 0.29) is 5.54 Å². The average Bonchev–Trinajstić information content (AvgIpc) is 2.94. The molecule has 8 heteroatoms. The summed E-state index contributed by atoms with van der Waals surface area (Å²) in [5.74, 6) is 1.22. The van der Waals surface area contributed by atoms with Gasteiger partial charge in [0.05, 0.1) is 30.3 Å². The van der Waals surface area contributed by atoms with Gasteiger partial charge in [-0.15, -0.1) is 0 Å². The van der Waals surface area contributed by atoms with Gasteiger partial charge in [0.2, 0.25) is 5.95 Å². The number of anilines is 3. The normalized spacial score (nSPS) is 15.9. The Morgan fingerprint density at radius 1 is 1.25 bits per heavy atom. The summed E-state index contributed by atoms with van der Waals surface area (Å²) in [6, 6.07) is 9.88. The van der Waals surface area contributed by atoms with Crippen LogP contribution in [0.3, 0.4) is 0 Å². The highest BCUT2D eigenvalue weighted by Crippen LogP contribution is 2.25. The molecular formula is C16H19N7O. The summed E-state index contributed by atoms with van der Waals surface area (Å²) in [4.78, 5) is 9.13. The van der Waals surface area contributed by atoms with Crippen molar-refractivity contribution >= 4 is 28.5 Å². The van der Waals surface area contributed by atoms with Gasteiger partial charge in [0.15, 0.2) is 5.65 Å². The molecule has 0 bridgehead atoms. The summed E-state index contributed by atoms with van der Waals surface area (Å²) in [7, 11) is 1.86. The zero-order valence-corrected chi connectivity index (χ0v) is 13.4. The van der Waals surface area contributed by atoms with Crippen molar-refractivity contribution in [1.29, 1.82) is 0 Å². The van der Waals surface area contributed by atoms with E-state index >= 15 is 0 Å². The Kier molecular flexibility index (Phi) is 3.55. The number of nitrogens with zero attached hydrogens (tertiary/aromatic N) is 4. The van der Waals surface area contributed by atoms with Gasteiger partial charge in [0, 0.05) is 19.3 Å². The molecule has 8 nitrogen and oxygen atoms in total. The Morgan fingerprint density at radius 2 is 2.04 bits per heavy atom. The molecule has 2 aromatic heterocycles. The summed E-state index contributed by atoms with van der Waals surface area (Å²) in [5, 5.41) is 11.7. The van der Waals surface area contributed by atoms with Gasteiger partial charge in [0.25, 0.3) is 0 Å². The predicted molar refractivity (Wildman–Crippen MR) is 92.3 cm³/mol. The van der Waals surface area contributed by atoms with Gasteiger partial charge in [-0.25, -0.2) is 0 Å². The standard InChI is InChI=1S/C16H19N7O/c1-23-14-12(7-19-23)13(20-11-5-3-2-4-6-11)21-15(22-14)18-8-16(17)9-24-10-16/h2-7H,8-10,17H2,1H3,(H2,18,20,21,22). The minimum absolute atomic E-state index is 0.349. The predicted octanol–water partition coefficient (Wildman–Crippen LogP) is 1.25. The van der Waals surface area contributed by atoms with Gasteiger partial charge < -0.3 is 21.1 Å². The molecule has 1 aliphatic rings. The maximum Gasteiger partial charge on any atom is 0.226 e. The summed E-state index contributed by atoms with van der Waals surface area (Å²) in [6.45, 7) is 1.65. The first-order valence-corrected chi connectivity index (χ1v) is 7.75. The number of aromatic nitrogens is 4. The van der Waals surface area contributed by atoms with Gasteiger partial charge in [0.1, 0.15) is 5.82 Å². The van der Waals surface area contributed by atoms with Crippen LogP contribution in [0.15, 0.2) is 36.5 Å². The van der Waals surface area contributed by atoms with Crippen molar-refractivity contribution in [1.82, 2.24) is 19.7 Å². The summed E-state index contributed by atoms with van der Waals surface area (Å²) >= 11 is 0. The van der Waals surface area contributed by atoms with E-state index in [0.717, 1.165) is 16.7 Å². The van der Waals surface area contributed by atoms with Gasteiger partial charge in [-0.05, 0) is 12.1 Å². The monoisotopic (exact) mass is 325 g/mol. The largest absolute Gasteiger partial charge is 0.377 e. The smallest absolute Gasteiger partial charge is 0.226 e. The third kappa shape index (κ3) is 2.77. The molecule has 124 valence electrons. The molecule has 1 aromatic carbocycles. The molecule has 3 heterocycles. The van der Waals surface area contributed by atoms with E-state index in [1.165, 1.54) is 0 Å². The van der Waals surface area contributed by atoms with Crippen molar-refractivity contribution in [3.05, 3.63) is 36.5 Å². The first-order valence-electron chi connectivity index (χ1n) is 7.75.